The van der Waals surface area contributed by atoms with Crippen LogP contribution in [-0.4, -0.2) is 43.5 Å². The van der Waals surface area contributed by atoms with Crippen LogP contribution in [-0.2, 0) is 16.0 Å². The van der Waals surface area contributed by atoms with Crippen LogP contribution in [0.4, 0.5) is 0 Å². The lowest BCUT2D eigenvalue weighted by Crippen LogP contribution is -2.31. The molecule has 2 rings (SSSR count). The summed E-state index contributed by atoms with van der Waals surface area (Å²) in [6.45, 7) is 6.06. The Morgan fingerprint density at radius 2 is 2.22 bits per heavy atom. The van der Waals surface area contributed by atoms with Crippen LogP contribution in [0.25, 0.3) is 0 Å². The van der Waals surface area contributed by atoms with Gasteiger partial charge in [0, 0.05) is 38.4 Å². The van der Waals surface area contributed by atoms with Crippen LogP contribution in [0, 0.1) is 12.8 Å². The Morgan fingerprint density at radius 3 is 2.87 bits per heavy atom. The number of hydrogen-bond acceptors (Lipinski definition) is 3. The summed E-state index contributed by atoms with van der Waals surface area (Å²) in [5.41, 5.74) is 2.18. The molecule has 1 N–H and O–H groups in total. The molecular formula is C18H26N2O3. The van der Waals surface area contributed by atoms with Crippen molar-refractivity contribution in [2.45, 2.75) is 33.1 Å². The Morgan fingerprint density at radius 1 is 1.43 bits per heavy atom. The third-order valence-electron chi connectivity index (χ3n) is 4.38. The third-order valence-corrected chi connectivity index (χ3v) is 4.38. The Bertz CT molecular complexity index is 571. The number of nitrogens with one attached hydrogen (secondary N) is 1. The Hall–Kier alpha value is -2.04. The van der Waals surface area contributed by atoms with E-state index in [2.05, 4.69) is 5.32 Å². The van der Waals surface area contributed by atoms with Crippen molar-refractivity contribution in [2.75, 3.05) is 26.7 Å². The van der Waals surface area contributed by atoms with Crippen LogP contribution in [0.5, 0.6) is 5.75 Å². The number of likely N-dealkylation sites (tertiary alicyclic amines) is 1. The summed E-state index contributed by atoms with van der Waals surface area (Å²) < 4.78 is 5.30. The summed E-state index contributed by atoms with van der Waals surface area (Å²) in [6, 6.07) is 6.02. The molecule has 0 aromatic heterocycles. The van der Waals surface area contributed by atoms with Crippen molar-refractivity contribution in [1.82, 2.24) is 10.2 Å². The number of ether oxygens (including phenoxy) is 1. The lowest BCUT2D eigenvalue weighted by atomic mass is 10.1. The summed E-state index contributed by atoms with van der Waals surface area (Å²) in [6.07, 6.45) is 1.68. The van der Waals surface area contributed by atoms with Crippen LogP contribution >= 0.6 is 0 Å². The van der Waals surface area contributed by atoms with Gasteiger partial charge in [0.2, 0.25) is 11.8 Å². The molecule has 1 heterocycles. The zero-order valence-corrected chi connectivity index (χ0v) is 14.2. The molecule has 1 aromatic carbocycles. The van der Waals surface area contributed by atoms with Gasteiger partial charge in [-0.15, -0.1) is 0 Å². The largest absolute Gasteiger partial charge is 0.496 e. The number of amides is 2. The highest BCUT2D eigenvalue weighted by molar-refractivity contribution is 5.79. The Labute approximate surface area is 138 Å². The molecule has 1 unspecified atom stereocenters. The van der Waals surface area contributed by atoms with E-state index in [0.717, 1.165) is 30.0 Å². The van der Waals surface area contributed by atoms with Crippen LogP contribution < -0.4 is 10.1 Å². The SMILES string of the molecule is CCN1CC(CNC(=O)CCc2ccc(C)c(OC)c2)CC1=O. The second-order valence-electron chi connectivity index (χ2n) is 6.11. The summed E-state index contributed by atoms with van der Waals surface area (Å²) in [4.78, 5) is 25.5. The second kappa shape index (κ2) is 7.99. The average molecular weight is 318 g/mol. The van der Waals surface area contributed by atoms with E-state index < -0.39 is 0 Å². The minimum Gasteiger partial charge on any atom is -0.496 e. The van der Waals surface area contributed by atoms with Gasteiger partial charge in [0.25, 0.3) is 0 Å². The number of benzene rings is 1. The van der Waals surface area contributed by atoms with E-state index >= 15 is 0 Å². The van der Waals surface area contributed by atoms with E-state index in [1.165, 1.54) is 0 Å². The second-order valence-corrected chi connectivity index (χ2v) is 6.11. The number of rotatable bonds is 7. The van der Waals surface area contributed by atoms with Crippen molar-refractivity contribution in [1.29, 1.82) is 0 Å². The maximum Gasteiger partial charge on any atom is 0.222 e. The molecule has 1 aliphatic heterocycles. The molecular weight excluding hydrogens is 292 g/mol. The first-order chi connectivity index (χ1) is 11.0. The first-order valence-corrected chi connectivity index (χ1v) is 8.21. The number of carbonyl (C=O) groups excluding carboxylic acids is 2. The van der Waals surface area contributed by atoms with Gasteiger partial charge < -0.3 is 15.0 Å². The van der Waals surface area contributed by atoms with E-state index in [4.69, 9.17) is 4.74 Å². The summed E-state index contributed by atoms with van der Waals surface area (Å²) in [7, 11) is 1.65. The fourth-order valence-electron chi connectivity index (χ4n) is 2.92. The molecule has 1 saturated heterocycles. The number of nitrogens with zero attached hydrogens (tertiary/aromatic N) is 1. The Kier molecular flexibility index (Phi) is 6.02. The molecule has 0 saturated carbocycles. The highest BCUT2D eigenvalue weighted by Crippen LogP contribution is 2.20. The predicted octanol–water partition coefficient (Wildman–Crippen LogP) is 1.92. The maximum absolute atomic E-state index is 12.0. The topological polar surface area (TPSA) is 58.6 Å². The summed E-state index contributed by atoms with van der Waals surface area (Å²) in [5.74, 6) is 1.32. The normalized spacial score (nSPS) is 17.4. The van der Waals surface area contributed by atoms with Gasteiger partial charge in [-0.2, -0.15) is 0 Å². The molecule has 1 aromatic rings. The number of aryl methyl sites for hydroxylation is 2. The average Bonchev–Trinajstić information content (AvgIpc) is 2.92. The minimum absolute atomic E-state index is 0.0342. The molecule has 126 valence electrons. The summed E-state index contributed by atoms with van der Waals surface area (Å²) in [5, 5.41) is 2.95. The molecule has 0 spiro atoms. The van der Waals surface area contributed by atoms with Crippen molar-refractivity contribution in [2.24, 2.45) is 5.92 Å². The van der Waals surface area contributed by atoms with Crippen LogP contribution in [0.2, 0.25) is 0 Å². The number of methoxy groups -OCH3 is 1. The van der Waals surface area contributed by atoms with Crippen molar-refractivity contribution in [3.8, 4) is 5.75 Å². The lowest BCUT2D eigenvalue weighted by Gasteiger charge is -2.14. The first kappa shape index (κ1) is 17.3. The molecule has 5 nitrogen and oxygen atoms in total. The molecule has 1 aliphatic rings. The molecule has 0 radical (unpaired) electrons. The monoisotopic (exact) mass is 318 g/mol. The highest BCUT2D eigenvalue weighted by atomic mass is 16.5. The molecule has 2 amide bonds. The summed E-state index contributed by atoms with van der Waals surface area (Å²) >= 11 is 0. The molecule has 5 heteroatoms. The van der Waals surface area contributed by atoms with E-state index in [1.54, 1.807) is 7.11 Å². The lowest BCUT2D eigenvalue weighted by molar-refractivity contribution is -0.127. The molecule has 1 atom stereocenters. The standard InChI is InChI=1S/C18H26N2O3/c1-4-20-12-15(10-18(20)22)11-19-17(21)8-7-14-6-5-13(2)16(9-14)23-3/h5-6,9,15H,4,7-8,10-12H2,1-3H3,(H,19,21). The first-order valence-electron chi connectivity index (χ1n) is 8.21. The van der Waals surface area contributed by atoms with Crippen molar-refractivity contribution >= 4 is 11.8 Å². The molecule has 1 fully saturated rings. The van der Waals surface area contributed by atoms with Gasteiger partial charge in [0.05, 0.1) is 7.11 Å². The van der Waals surface area contributed by atoms with Gasteiger partial charge in [-0.25, -0.2) is 0 Å². The molecule has 23 heavy (non-hydrogen) atoms. The smallest absolute Gasteiger partial charge is 0.222 e. The van der Waals surface area contributed by atoms with E-state index in [0.29, 0.717) is 25.8 Å². The fourth-order valence-corrected chi connectivity index (χ4v) is 2.92. The van der Waals surface area contributed by atoms with Gasteiger partial charge >= 0.3 is 0 Å². The quantitative estimate of drug-likeness (QED) is 0.835. The van der Waals surface area contributed by atoms with Crippen molar-refractivity contribution < 1.29 is 14.3 Å². The van der Waals surface area contributed by atoms with Crippen LogP contribution in [0.15, 0.2) is 18.2 Å². The van der Waals surface area contributed by atoms with Gasteiger partial charge in [-0.3, -0.25) is 9.59 Å². The number of carbonyl (C=O) groups is 2. The number of hydrogen-bond donors (Lipinski definition) is 1. The fraction of sp³-hybridized carbons (Fsp3) is 0.556. The highest BCUT2D eigenvalue weighted by Gasteiger charge is 2.28. The zero-order valence-electron chi connectivity index (χ0n) is 14.2. The zero-order chi connectivity index (χ0) is 16.8. The van der Waals surface area contributed by atoms with Crippen molar-refractivity contribution in [3.05, 3.63) is 29.3 Å². The van der Waals surface area contributed by atoms with Crippen molar-refractivity contribution in [3.63, 3.8) is 0 Å². The predicted molar refractivity (Wildman–Crippen MR) is 89.4 cm³/mol. The Balaban J connectivity index is 1.74. The molecule has 0 aliphatic carbocycles. The van der Waals surface area contributed by atoms with Crippen LogP contribution in [0.3, 0.4) is 0 Å². The van der Waals surface area contributed by atoms with Gasteiger partial charge in [-0.1, -0.05) is 12.1 Å². The van der Waals surface area contributed by atoms with E-state index in [1.807, 2.05) is 36.9 Å². The van der Waals surface area contributed by atoms with Gasteiger partial charge in [0.1, 0.15) is 5.75 Å². The molecule has 0 bridgehead atoms. The van der Waals surface area contributed by atoms with Gasteiger partial charge in [0.15, 0.2) is 0 Å². The van der Waals surface area contributed by atoms with E-state index in [-0.39, 0.29) is 17.7 Å². The van der Waals surface area contributed by atoms with Gasteiger partial charge in [-0.05, 0) is 37.5 Å². The van der Waals surface area contributed by atoms with Crippen LogP contribution in [0.1, 0.15) is 30.9 Å². The third kappa shape index (κ3) is 4.71. The van der Waals surface area contributed by atoms with E-state index in [9.17, 15) is 9.59 Å². The minimum atomic E-state index is 0.0342. The maximum atomic E-state index is 12.0.